The van der Waals surface area contributed by atoms with Gasteiger partial charge in [-0.15, -0.1) is 0 Å². The molecule has 0 aromatic carbocycles. The van der Waals surface area contributed by atoms with Gasteiger partial charge in [-0.1, -0.05) is 24.9 Å². The Morgan fingerprint density at radius 3 is 2.95 bits per heavy atom. The van der Waals surface area contributed by atoms with E-state index in [-0.39, 0.29) is 17.4 Å². The second kappa shape index (κ2) is 6.24. The maximum atomic E-state index is 14.0. The predicted octanol–water partition coefficient (Wildman–Crippen LogP) is 2.22. The molecule has 0 amide bonds. The number of aromatic nitrogens is 1. The van der Waals surface area contributed by atoms with Crippen molar-refractivity contribution < 1.29 is 14.6 Å². The third kappa shape index (κ3) is 2.90. The number of nitrogens with zero attached hydrogens (tertiary/aromatic N) is 2. The summed E-state index contributed by atoms with van der Waals surface area (Å²) >= 11 is 5.71. The van der Waals surface area contributed by atoms with Crippen molar-refractivity contribution in [1.29, 1.82) is 0 Å². The molecule has 20 heavy (non-hydrogen) atoms. The molecule has 2 N–H and O–H groups in total. The highest BCUT2D eigenvalue weighted by molar-refractivity contribution is 6.30. The molecular weight excluding hydrogens is 283 g/mol. The highest BCUT2D eigenvalue weighted by atomic mass is 35.5. The van der Waals surface area contributed by atoms with Crippen molar-refractivity contribution in [3.63, 3.8) is 0 Å². The zero-order chi connectivity index (χ0) is 14.8. The summed E-state index contributed by atoms with van der Waals surface area (Å²) in [5, 5.41) is 20.2. The topological polar surface area (TPSA) is 56.6 Å². The van der Waals surface area contributed by atoms with Gasteiger partial charge in [0.25, 0.3) is 0 Å². The van der Waals surface area contributed by atoms with E-state index in [1.54, 1.807) is 4.90 Å². The van der Waals surface area contributed by atoms with E-state index in [9.17, 15) is 14.6 Å². The van der Waals surface area contributed by atoms with E-state index in [1.165, 1.54) is 12.3 Å². The number of hydrogen-bond acceptors (Lipinski definition) is 4. The molecule has 2 atom stereocenters. The van der Waals surface area contributed by atoms with Crippen molar-refractivity contribution >= 4 is 17.4 Å². The highest BCUT2D eigenvalue weighted by Gasteiger charge is 2.42. The smallest absolute Gasteiger partial charge is 0.167 e. The molecule has 1 saturated heterocycles. The lowest BCUT2D eigenvalue weighted by Crippen LogP contribution is -2.54. The third-order valence-corrected chi connectivity index (χ3v) is 4.24. The molecule has 2 rings (SSSR count). The van der Waals surface area contributed by atoms with Gasteiger partial charge in [0.05, 0.1) is 17.7 Å². The van der Waals surface area contributed by atoms with Gasteiger partial charge in [-0.25, -0.2) is 9.37 Å². The number of rotatable bonds is 4. The molecule has 0 spiro atoms. The Morgan fingerprint density at radius 2 is 2.35 bits per heavy atom. The minimum Gasteiger partial charge on any atom is -0.396 e. The monoisotopic (exact) mass is 302 g/mol. The maximum absolute atomic E-state index is 14.0. The van der Waals surface area contributed by atoms with Crippen LogP contribution in [-0.4, -0.2) is 41.0 Å². The number of pyridine rings is 1. The lowest BCUT2D eigenvalue weighted by atomic mass is 9.74. The predicted molar refractivity (Wildman–Crippen MR) is 76.5 cm³/mol. The normalized spacial score (nSPS) is 26.9. The van der Waals surface area contributed by atoms with Crippen molar-refractivity contribution in [2.24, 2.45) is 5.41 Å². The molecule has 112 valence electrons. The van der Waals surface area contributed by atoms with E-state index in [1.807, 2.05) is 6.92 Å². The molecule has 1 aliphatic rings. The minimum atomic E-state index is -0.610. The van der Waals surface area contributed by atoms with Gasteiger partial charge < -0.3 is 15.1 Å². The molecule has 0 aliphatic carbocycles. The van der Waals surface area contributed by atoms with E-state index in [0.29, 0.717) is 25.9 Å². The fourth-order valence-electron chi connectivity index (χ4n) is 2.95. The van der Waals surface area contributed by atoms with Crippen LogP contribution in [0.25, 0.3) is 0 Å². The molecule has 1 aliphatic heterocycles. The second-order valence-electron chi connectivity index (χ2n) is 5.46. The molecular formula is C14H20ClFN2O2. The van der Waals surface area contributed by atoms with Crippen LogP contribution in [-0.2, 0) is 0 Å². The van der Waals surface area contributed by atoms with Gasteiger partial charge in [0, 0.05) is 24.7 Å². The van der Waals surface area contributed by atoms with Crippen molar-refractivity contribution in [3.05, 3.63) is 23.1 Å². The standard InChI is InChI=1S/C14H20ClFN2O2/c1-2-4-14(9-19)8-18(5-3-12(14)20)13-11(16)6-10(15)7-17-13/h6-7,12,19-20H,2-5,8-9H2,1H3/t12-,14-/m0/s1. The summed E-state index contributed by atoms with van der Waals surface area (Å²) in [7, 11) is 0. The summed E-state index contributed by atoms with van der Waals surface area (Å²) in [5.41, 5.74) is -0.610. The van der Waals surface area contributed by atoms with Crippen molar-refractivity contribution in [1.82, 2.24) is 4.98 Å². The van der Waals surface area contributed by atoms with Crippen LogP contribution in [0.2, 0.25) is 5.02 Å². The van der Waals surface area contributed by atoms with Crippen LogP contribution in [0.3, 0.4) is 0 Å². The minimum absolute atomic E-state index is 0.117. The largest absolute Gasteiger partial charge is 0.396 e. The van der Waals surface area contributed by atoms with Crippen LogP contribution in [0.4, 0.5) is 10.2 Å². The summed E-state index contributed by atoms with van der Waals surface area (Å²) in [4.78, 5) is 5.82. The number of halogens is 2. The van der Waals surface area contributed by atoms with Crippen LogP contribution in [0, 0.1) is 11.2 Å². The first-order valence-electron chi connectivity index (χ1n) is 6.87. The molecule has 4 nitrogen and oxygen atoms in total. The third-order valence-electron chi connectivity index (χ3n) is 4.04. The van der Waals surface area contributed by atoms with E-state index in [4.69, 9.17) is 11.6 Å². The van der Waals surface area contributed by atoms with Gasteiger partial charge in [-0.05, 0) is 18.9 Å². The van der Waals surface area contributed by atoms with Gasteiger partial charge in [0.2, 0.25) is 0 Å². The Morgan fingerprint density at radius 1 is 1.60 bits per heavy atom. The maximum Gasteiger partial charge on any atom is 0.167 e. The van der Waals surface area contributed by atoms with Crippen LogP contribution in [0.5, 0.6) is 0 Å². The zero-order valence-electron chi connectivity index (χ0n) is 11.5. The molecule has 0 unspecified atom stereocenters. The average Bonchev–Trinajstić information content (AvgIpc) is 2.42. The van der Waals surface area contributed by atoms with Crippen LogP contribution >= 0.6 is 11.6 Å². The van der Waals surface area contributed by atoms with Gasteiger partial charge in [0.15, 0.2) is 11.6 Å². The molecule has 0 radical (unpaired) electrons. The van der Waals surface area contributed by atoms with Crippen LogP contribution < -0.4 is 4.90 Å². The summed E-state index contributed by atoms with van der Waals surface area (Å²) < 4.78 is 14.0. The summed E-state index contributed by atoms with van der Waals surface area (Å²) in [6.07, 6.45) is 2.87. The SMILES string of the molecule is CCC[C@@]1(CO)CN(c2ncc(Cl)cc2F)CC[C@@H]1O. The molecule has 1 aromatic heterocycles. The van der Waals surface area contributed by atoms with Crippen LogP contribution in [0.15, 0.2) is 12.3 Å². The first-order chi connectivity index (χ1) is 9.52. The first-order valence-corrected chi connectivity index (χ1v) is 7.25. The summed E-state index contributed by atoms with van der Waals surface area (Å²) in [5.74, 6) is -0.243. The number of aliphatic hydroxyl groups excluding tert-OH is 2. The Balaban J connectivity index is 2.26. The van der Waals surface area contributed by atoms with Gasteiger partial charge >= 0.3 is 0 Å². The molecule has 2 heterocycles. The number of piperidine rings is 1. The van der Waals surface area contributed by atoms with E-state index in [2.05, 4.69) is 4.98 Å². The van der Waals surface area contributed by atoms with E-state index in [0.717, 1.165) is 6.42 Å². The second-order valence-corrected chi connectivity index (χ2v) is 5.89. The molecule has 6 heteroatoms. The van der Waals surface area contributed by atoms with Crippen LogP contribution in [0.1, 0.15) is 26.2 Å². The lowest BCUT2D eigenvalue weighted by molar-refractivity contribution is -0.0354. The molecule has 1 aromatic rings. The number of aliphatic hydroxyl groups is 2. The van der Waals surface area contributed by atoms with Crippen molar-refractivity contribution in [2.75, 3.05) is 24.6 Å². The first kappa shape index (κ1) is 15.5. The van der Waals surface area contributed by atoms with Gasteiger partial charge in [-0.3, -0.25) is 0 Å². The van der Waals surface area contributed by atoms with Gasteiger partial charge in [-0.2, -0.15) is 0 Å². The quantitative estimate of drug-likeness (QED) is 0.895. The average molecular weight is 303 g/mol. The van der Waals surface area contributed by atoms with Gasteiger partial charge in [0.1, 0.15) is 0 Å². The fraction of sp³-hybridized carbons (Fsp3) is 0.643. The summed E-state index contributed by atoms with van der Waals surface area (Å²) in [6, 6.07) is 1.23. The number of hydrogen-bond donors (Lipinski definition) is 2. The molecule has 1 fully saturated rings. The Kier molecular flexibility index (Phi) is 4.83. The number of anilines is 1. The summed E-state index contributed by atoms with van der Waals surface area (Å²) in [6.45, 7) is 2.79. The Labute approximate surface area is 123 Å². The van der Waals surface area contributed by atoms with Crippen molar-refractivity contribution in [3.8, 4) is 0 Å². The fourth-order valence-corrected chi connectivity index (χ4v) is 3.09. The van der Waals surface area contributed by atoms with Crippen molar-refractivity contribution in [2.45, 2.75) is 32.3 Å². The van der Waals surface area contributed by atoms with E-state index < -0.39 is 17.3 Å². The molecule has 0 bridgehead atoms. The Hall–Kier alpha value is -0.910. The molecule has 0 saturated carbocycles. The van der Waals surface area contributed by atoms with E-state index >= 15 is 0 Å². The highest BCUT2D eigenvalue weighted by Crippen LogP contribution is 2.36. The zero-order valence-corrected chi connectivity index (χ0v) is 12.3. The lowest BCUT2D eigenvalue weighted by Gasteiger charge is -2.45. The Bertz CT molecular complexity index is 474.